The third-order valence-electron chi connectivity index (χ3n) is 2.23. The molecule has 1 aromatic rings. The minimum Gasteiger partial charge on any atom is -0.370 e. The molecule has 1 aromatic heterocycles. The first-order valence-corrected chi connectivity index (χ1v) is 5.85. The summed E-state index contributed by atoms with van der Waals surface area (Å²) in [5.74, 6) is 4.75. The SMILES string of the molecule is NCC#Cc1cccnc1C(=O)NCCCC(N)=O. The first-order valence-electron chi connectivity index (χ1n) is 5.85. The summed E-state index contributed by atoms with van der Waals surface area (Å²) in [6.07, 6.45) is 2.26. The molecule has 2 amide bonds. The standard InChI is InChI=1S/C13H16N4O2/c14-7-1-4-10-5-2-8-16-12(10)13(19)17-9-3-6-11(15)18/h2,5,8H,3,6-7,9,14H2,(H2,15,18)(H,17,19). The molecular formula is C13H16N4O2. The van der Waals surface area contributed by atoms with Gasteiger partial charge in [-0.1, -0.05) is 11.8 Å². The van der Waals surface area contributed by atoms with Crippen molar-refractivity contribution < 1.29 is 9.59 Å². The molecule has 0 saturated heterocycles. The van der Waals surface area contributed by atoms with Gasteiger partial charge < -0.3 is 16.8 Å². The van der Waals surface area contributed by atoms with Gasteiger partial charge in [0, 0.05) is 19.2 Å². The van der Waals surface area contributed by atoms with Crippen LogP contribution in [-0.2, 0) is 4.79 Å². The summed E-state index contributed by atoms with van der Waals surface area (Å²) < 4.78 is 0. The smallest absolute Gasteiger partial charge is 0.271 e. The fourth-order valence-corrected chi connectivity index (χ4v) is 1.38. The van der Waals surface area contributed by atoms with Gasteiger partial charge in [0.15, 0.2) is 0 Å². The highest BCUT2D eigenvalue weighted by Crippen LogP contribution is 2.03. The van der Waals surface area contributed by atoms with Crippen LogP contribution in [0.4, 0.5) is 0 Å². The average molecular weight is 260 g/mol. The number of carbonyl (C=O) groups excluding carboxylic acids is 2. The molecule has 0 spiro atoms. The maximum atomic E-state index is 11.9. The molecule has 1 heterocycles. The van der Waals surface area contributed by atoms with Crippen molar-refractivity contribution in [3.05, 3.63) is 29.6 Å². The first kappa shape index (κ1) is 14.7. The van der Waals surface area contributed by atoms with Crippen molar-refractivity contribution in [2.24, 2.45) is 11.5 Å². The molecule has 0 aromatic carbocycles. The summed E-state index contributed by atoms with van der Waals surface area (Å²) in [4.78, 5) is 26.4. The third-order valence-corrected chi connectivity index (χ3v) is 2.23. The van der Waals surface area contributed by atoms with E-state index in [1.165, 1.54) is 6.20 Å². The van der Waals surface area contributed by atoms with E-state index < -0.39 is 0 Å². The molecule has 0 radical (unpaired) electrons. The van der Waals surface area contributed by atoms with Gasteiger partial charge in [-0.05, 0) is 18.6 Å². The van der Waals surface area contributed by atoms with E-state index in [-0.39, 0.29) is 30.5 Å². The average Bonchev–Trinajstić information content (AvgIpc) is 2.41. The molecule has 0 unspecified atom stereocenters. The zero-order chi connectivity index (χ0) is 14.1. The van der Waals surface area contributed by atoms with Crippen molar-refractivity contribution in [3.8, 4) is 11.8 Å². The highest BCUT2D eigenvalue weighted by Gasteiger charge is 2.10. The van der Waals surface area contributed by atoms with Crippen LogP contribution in [0, 0.1) is 11.8 Å². The van der Waals surface area contributed by atoms with E-state index in [0.29, 0.717) is 18.5 Å². The minimum atomic E-state index is -0.387. The first-order chi connectivity index (χ1) is 9.15. The molecule has 19 heavy (non-hydrogen) atoms. The van der Waals surface area contributed by atoms with Crippen LogP contribution in [0.25, 0.3) is 0 Å². The molecule has 1 rings (SSSR count). The van der Waals surface area contributed by atoms with Crippen molar-refractivity contribution in [1.29, 1.82) is 0 Å². The molecule has 0 aliphatic carbocycles. The summed E-state index contributed by atoms with van der Waals surface area (Å²) in [7, 11) is 0. The molecule has 5 N–H and O–H groups in total. The summed E-state index contributed by atoms with van der Waals surface area (Å²) in [6.45, 7) is 0.580. The third kappa shape index (κ3) is 5.19. The minimum absolute atomic E-state index is 0.217. The van der Waals surface area contributed by atoms with Crippen molar-refractivity contribution >= 4 is 11.8 Å². The Bertz CT molecular complexity index is 517. The van der Waals surface area contributed by atoms with Gasteiger partial charge in [0.05, 0.1) is 12.1 Å². The number of nitrogens with one attached hydrogen (secondary N) is 1. The van der Waals surface area contributed by atoms with Crippen LogP contribution in [0.15, 0.2) is 18.3 Å². The van der Waals surface area contributed by atoms with E-state index in [2.05, 4.69) is 22.1 Å². The lowest BCUT2D eigenvalue weighted by Crippen LogP contribution is -2.27. The molecule has 0 aliphatic heterocycles. The fraction of sp³-hybridized carbons (Fsp3) is 0.308. The lowest BCUT2D eigenvalue weighted by Gasteiger charge is -2.05. The Morgan fingerprint density at radius 1 is 1.42 bits per heavy atom. The maximum Gasteiger partial charge on any atom is 0.271 e. The van der Waals surface area contributed by atoms with Crippen molar-refractivity contribution in [3.63, 3.8) is 0 Å². The Kier molecular flexibility index (Phi) is 6.06. The predicted molar refractivity (Wildman–Crippen MR) is 70.9 cm³/mol. The number of primary amides is 1. The molecule has 100 valence electrons. The molecule has 0 atom stereocenters. The summed E-state index contributed by atoms with van der Waals surface area (Å²) in [6, 6.07) is 3.40. The van der Waals surface area contributed by atoms with Gasteiger partial charge >= 0.3 is 0 Å². The second kappa shape index (κ2) is 7.84. The lowest BCUT2D eigenvalue weighted by atomic mass is 10.2. The number of nitrogens with zero attached hydrogens (tertiary/aromatic N) is 1. The largest absolute Gasteiger partial charge is 0.370 e. The molecular weight excluding hydrogens is 244 g/mol. The van der Waals surface area contributed by atoms with Gasteiger partial charge in [-0.2, -0.15) is 0 Å². The highest BCUT2D eigenvalue weighted by molar-refractivity contribution is 5.94. The van der Waals surface area contributed by atoms with E-state index in [9.17, 15) is 9.59 Å². The predicted octanol–water partition coefficient (Wildman–Crippen LogP) is -0.613. The summed E-state index contributed by atoms with van der Waals surface area (Å²) in [5, 5.41) is 2.66. The second-order valence-electron chi connectivity index (χ2n) is 3.73. The number of hydrogen-bond donors (Lipinski definition) is 3. The number of carbonyl (C=O) groups is 2. The van der Waals surface area contributed by atoms with E-state index in [1.807, 2.05) is 0 Å². The molecule has 0 fully saturated rings. The van der Waals surface area contributed by atoms with Crippen LogP contribution in [0.2, 0.25) is 0 Å². The highest BCUT2D eigenvalue weighted by atomic mass is 16.2. The summed E-state index contributed by atoms with van der Waals surface area (Å²) in [5.41, 5.74) is 11.1. The van der Waals surface area contributed by atoms with Crippen molar-refractivity contribution in [2.75, 3.05) is 13.1 Å². The van der Waals surface area contributed by atoms with Crippen LogP contribution in [0.5, 0.6) is 0 Å². The Morgan fingerprint density at radius 3 is 2.89 bits per heavy atom. The quantitative estimate of drug-likeness (QED) is 0.484. The number of nitrogens with two attached hydrogens (primary N) is 2. The number of pyridine rings is 1. The molecule has 6 nitrogen and oxygen atoms in total. The van der Waals surface area contributed by atoms with E-state index in [4.69, 9.17) is 11.5 Å². The van der Waals surface area contributed by atoms with E-state index in [0.717, 1.165) is 0 Å². The second-order valence-corrected chi connectivity index (χ2v) is 3.73. The van der Waals surface area contributed by atoms with Crippen molar-refractivity contribution in [2.45, 2.75) is 12.8 Å². The number of aromatic nitrogens is 1. The fourth-order valence-electron chi connectivity index (χ4n) is 1.38. The Balaban J connectivity index is 2.63. The van der Waals surface area contributed by atoms with Crippen LogP contribution < -0.4 is 16.8 Å². The monoisotopic (exact) mass is 260 g/mol. The molecule has 6 heteroatoms. The van der Waals surface area contributed by atoms with Gasteiger partial charge in [-0.3, -0.25) is 9.59 Å². The Hall–Kier alpha value is -2.39. The lowest BCUT2D eigenvalue weighted by molar-refractivity contribution is -0.118. The molecule has 0 aliphatic rings. The molecule has 0 bridgehead atoms. The van der Waals surface area contributed by atoms with Crippen LogP contribution in [0.1, 0.15) is 28.9 Å². The van der Waals surface area contributed by atoms with Gasteiger partial charge in [0.1, 0.15) is 5.69 Å². The Morgan fingerprint density at radius 2 is 2.21 bits per heavy atom. The zero-order valence-electron chi connectivity index (χ0n) is 10.5. The van der Waals surface area contributed by atoms with Crippen LogP contribution in [-0.4, -0.2) is 29.9 Å². The van der Waals surface area contributed by atoms with E-state index >= 15 is 0 Å². The van der Waals surface area contributed by atoms with Gasteiger partial charge in [0.2, 0.25) is 5.91 Å². The van der Waals surface area contributed by atoms with Crippen LogP contribution >= 0.6 is 0 Å². The topological polar surface area (TPSA) is 111 Å². The van der Waals surface area contributed by atoms with E-state index in [1.54, 1.807) is 12.1 Å². The number of rotatable bonds is 5. The van der Waals surface area contributed by atoms with Crippen LogP contribution in [0.3, 0.4) is 0 Å². The Labute approximate surface area is 111 Å². The zero-order valence-corrected chi connectivity index (χ0v) is 10.5. The van der Waals surface area contributed by atoms with Gasteiger partial charge in [-0.25, -0.2) is 4.98 Å². The maximum absolute atomic E-state index is 11.9. The van der Waals surface area contributed by atoms with Gasteiger partial charge in [0.25, 0.3) is 5.91 Å². The normalized spacial score (nSPS) is 9.32. The van der Waals surface area contributed by atoms with Crippen molar-refractivity contribution in [1.82, 2.24) is 10.3 Å². The number of amides is 2. The number of hydrogen-bond acceptors (Lipinski definition) is 4. The molecule has 0 saturated carbocycles. The summed E-state index contributed by atoms with van der Waals surface area (Å²) >= 11 is 0. The van der Waals surface area contributed by atoms with Gasteiger partial charge in [-0.15, -0.1) is 0 Å².